The number of benzene rings is 5. The van der Waals surface area contributed by atoms with Gasteiger partial charge in [-0.1, -0.05) is 78.9 Å². The summed E-state index contributed by atoms with van der Waals surface area (Å²) in [5, 5.41) is 22.9. The van der Waals surface area contributed by atoms with E-state index in [0.717, 1.165) is 43.9 Å². The van der Waals surface area contributed by atoms with Crippen LogP contribution >= 0.6 is 0 Å². The van der Waals surface area contributed by atoms with E-state index in [1.54, 1.807) is 31.4 Å². The number of aliphatic hydroxyl groups is 1. The predicted octanol–water partition coefficient (Wildman–Crippen LogP) is 7.25. The molecule has 250 valence electrons. The normalized spacial score (nSPS) is 14.1. The topological polar surface area (TPSA) is 113 Å². The van der Waals surface area contributed by atoms with E-state index in [2.05, 4.69) is 47.4 Å². The van der Waals surface area contributed by atoms with Crippen molar-refractivity contribution in [1.29, 1.82) is 0 Å². The van der Waals surface area contributed by atoms with Gasteiger partial charge in [-0.05, 0) is 57.8 Å². The first kappa shape index (κ1) is 32.1. The van der Waals surface area contributed by atoms with Gasteiger partial charge in [-0.2, -0.15) is 6.20 Å². The summed E-state index contributed by atoms with van der Waals surface area (Å²) in [5.41, 5.74) is 5.27. The molecule has 1 aromatic heterocycles. The van der Waals surface area contributed by atoms with Gasteiger partial charge in [-0.3, -0.25) is 4.79 Å². The number of carbonyl (C=O) groups excluding carboxylic acids is 1. The smallest absolute Gasteiger partial charge is 0.335 e. The number of ether oxygens (including phenoxy) is 4. The summed E-state index contributed by atoms with van der Waals surface area (Å²) in [6, 6.07) is 29.5. The summed E-state index contributed by atoms with van der Waals surface area (Å²) < 4.78 is 25.7. The number of aryl methyl sites for hydroxylation is 1. The average molecular weight is 658 g/mol. The minimum atomic E-state index is -0.515. The van der Waals surface area contributed by atoms with Gasteiger partial charge in [0.15, 0.2) is 17.1 Å². The number of methoxy groups -OCH3 is 1. The van der Waals surface area contributed by atoms with E-state index in [-0.39, 0.29) is 31.2 Å². The van der Waals surface area contributed by atoms with Crippen LogP contribution in [-0.4, -0.2) is 47.7 Å². The summed E-state index contributed by atoms with van der Waals surface area (Å²) in [6.45, 7) is 0.531. The van der Waals surface area contributed by atoms with Gasteiger partial charge in [0.05, 0.1) is 20.3 Å². The summed E-state index contributed by atoms with van der Waals surface area (Å²) >= 11 is 0. The Labute approximate surface area is 284 Å². The Morgan fingerprint density at radius 2 is 1.61 bits per heavy atom. The van der Waals surface area contributed by atoms with Gasteiger partial charge in [0.2, 0.25) is 5.75 Å². The van der Waals surface area contributed by atoms with Crippen LogP contribution in [0, 0.1) is 0 Å². The number of hydrogen-bond donors (Lipinski definition) is 2. The molecule has 3 N–H and O–H groups in total. The third-order valence-electron chi connectivity index (χ3n) is 9.11. The molecule has 7 rings (SSSR count). The molecule has 0 bridgehead atoms. The van der Waals surface area contributed by atoms with Gasteiger partial charge in [0, 0.05) is 25.0 Å². The Bertz CT molecular complexity index is 2090. The molecule has 0 saturated carbocycles. The van der Waals surface area contributed by atoms with Crippen molar-refractivity contribution in [3.63, 3.8) is 0 Å². The number of phenols is 1. The number of fused-ring (bicyclic) bond motifs is 4. The molecule has 49 heavy (non-hydrogen) atoms. The van der Waals surface area contributed by atoms with Crippen LogP contribution in [0.2, 0.25) is 0 Å². The Morgan fingerprint density at radius 1 is 0.796 bits per heavy atom. The molecule has 0 spiro atoms. The number of aromatic nitrogens is 1. The second-order valence-electron chi connectivity index (χ2n) is 12.2. The van der Waals surface area contributed by atoms with E-state index in [1.165, 1.54) is 0 Å². The van der Waals surface area contributed by atoms with Crippen LogP contribution in [0.25, 0.3) is 21.7 Å². The zero-order valence-electron chi connectivity index (χ0n) is 27.4. The van der Waals surface area contributed by atoms with E-state index in [1.807, 2.05) is 30.5 Å². The molecule has 6 aromatic rings. The lowest BCUT2D eigenvalue weighted by molar-refractivity contribution is 0.190. The van der Waals surface area contributed by atoms with Crippen LogP contribution in [0.15, 0.2) is 97.2 Å². The van der Waals surface area contributed by atoms with Gasteiger partial charge in [0.1, 0.15) is 24.0 Å². The highest BCUT2D eigenvalue weighted by Crippen LogP contribution is 2.53. The standard InChI is InChI=1S/C41H38NO7/c1-46-41-39(48-24-20-26-7-3-2-4-8-26)33(16-13-27-9-5-10-31-30(27)17-18-34-32(31)19-21-42-34)38-37(40(41)47-23-6-22-43)35(45)25-36(49-38)28-11-14-29(44)15-12-28/h2-5,7-12,14-15,17-19,21,36,43-44H,6,13,16,20,22-25H2,1H3/q-1/p+1. The molecule has 8 nitrogen and oxygen atoms in total. The fourth-order valence-electron chi connectivity index (χ4n) is 6.69. The number of nitrogens with zero attached hydrogens (tertiary/aromatic N) is 1. The van der Waals surface area contributed by atoms with Gasteiger partial charge in [0.25, 0.3) is 0 Å². The third-order valence-corrected chi connectivity index (χ3v) is 9.11. The molecular weight excluding hydrogens is 618 g/mol. The fraction of sp³-hybridized carbons (Fsp3) is 0.244. The number of aromatic hydroxyl groups is 1. The van der Waals surface area contributed by atoms with Gasteiger partial charge in [-0.15, -0.1) is 5.52 Å². The molecular formula is C41H39NO7. The van der Waals surface area contributed by atoms with Crippen molar-refractivity contribution in [1.82, 2.24) is 4.98 Å². The maximum Gasteiger partial charge on any atom is 0.335 e. The number of rotatable bonds is 13. The van der Waals surface area contributed by atoms with Crippen LogP contribution < -0.4 is 23.9 Å². The molecule has 0 saturated heterocycles. The highest BCUT2D eigenvalue weighted by Gasteiger charge is 2.41. The second kappa shape index (κ2) is 14.3. The molecule has 2 heterocycles. The zero-order chi connectivity index (χ0) is 33.7. The molecule has 1 atom stereocenters. The maximum absolute atomic E-state index is 11.7. The summed E-state index contributed by atoms with van der Waals surface area (Å²) in [4.78, 5) is 16.2. The Hall–Kier alpha value is -5.47. The van der Waals surface area contributed by atoms with Crippen molar-refractivity contribution in [3.05, 3.63) is 125 Å². The SMILES string of the molecule is COc1c(OCCc2ccccc2)c(CCc2cccc3c2ccc2[n-]ccc23)c2c(c1OCCCO)C(=[OH+])CC(c1ccc(O)cc1)O2. The Morgan fingerprint density at radius 3 is 2.41 bits per heavy atom. The first-order valence-corrected chi connectivity index (χ1v) is 16.7. The van der Waals surface area contributed by atoms with Crippen LogP contribution in [0.3, 0.4) is 0 Å². The predicted molar refractivity (Wildman–Crippen MR) is 190 cm³/mol. The lowest BCUT2D eigenvalue weighted by Gasteiger charge is -2.29. The maximum atomic E-state index is 11.7. The average Bonchev–Trinajstić information content (AvgIpc) is 3.62. The molecule has 1 unspecified atom stereocenters. The summed E-state index contributed by atoms with van der Waals surface area (Å²) in [6.07, 6.45) is 3.75. The van der Waals surface area contributed by atoms with E-state index in [4.69, 9.17) is 18.9 Å². The fourth-order valence-corrected chi connectivity index (χ4v) is 6.69. The van der Waals surface area contributed by atoms with Crippen molar-refractivity contribution in [3.8, 4) is 28.7 Å². The first-order chi connectivity index (χ1) is 24.1. The van der Waals surface area contributed by atoms with Crippen LogP contribution in [0.4, 0.5) is 0 Å². The van der Waals surface area contributed by atoms with Gasteiger partial charge >= 0.3 is 5.78 Å². The van der Waals surface area contributed by atoms with Crippen molar-refractivity contribution in [2.24, 2.45) is 0 Å². The van der Waals surface area contributed by atoms with Gasteiger partial charge < -0.3 is 34.1 Å². The first-order valence-electron chi connectivity index (χ1n) is 16.7. The second-order valence-corrected chi connectivity index (χ2v) is 12.2. The lowest BCUT2D eigenvalue weighted by atomic mass is 9.90. The van der Waals surface area contributed by atoms with E-state index < -0.39 is 6.10 Å². The monoisotopic (exact) mass is 657 g/mol. The van der Waals surface area contributed by atoms with Crippen LogP contribution in [0.5, 0.6) is 28.7 Å². The van der Waals surface area contributed by atoms with E-state index in [9.17, 15) is 15.0 Å². The Kier molecular flexibility index (Phi) is 9.39. The number of ketones is 1. The minimum Gasteiger partial charge on any atom is -0.664 e. The van der Waals surface area contributed by atoms with Crippen molar-refractivity contribution in [2.45, 2.75) is 38.2 Å². The molecule has 0 radical (unpaired) electrons. The van der Waals surface area contributed by atoms with E-state index >= 15 is 0 Å². The highest BCUT2D eigenvalue weighted by atomic mass is 16.5. The minimum absolute atomic E-state index is 0.0454. The molecule has 8 heteroatoms. The summed E-state index contributed by atoms with van der Waals surface area (Å²) in [5.74, 6) is 1.92. The quantitative estimate of drug-likeness (QED) is 0.0994. The largest absolute Gasteiger partial charge is 0.664 e. The van der Waals surface area contributed by atoms with Gasteiger partial charge in [-0.25, -0.2) is 0 Å². The number of phenolic OH excluding ortho intramolecular Hbond substituents is 1. The molecule has 0 fully saturated rings. The molecule has 1 aliphatic rings. The van der Waals surface area contributed by atoms with Crippen molar-refractivity contribution in [2.75, 3.05) is 26.9 Å². The molecule has 1 aliphatic heterocycles. The van der Waals surface area contributed by atoms with E-state index in [0.29, 0.717) is 60.9 Å². The molecule has 0 aliphatic carbocycles. The molecule has 5 aromatic carbocycles. The number of aliphatic hydroxyl groups excluding tert-OH is 1. The third kappa shape index (κ3) is 6.52. The van der Waals surface area contributed by atoms with Crippen LogP contribution in [-0.2, 0) is 19.3 Å². The van der Waals surface area contributed by atoms with Crippen molar-refractivity contribution >= 4 is 27.5 Å². The Balaban J connectivity index is 1.34. The number of hydrogen-bond acceptors (Lipinski definition) is 6. The van der Waals surface area contributed by atoms with Crippen molar-refractivity contribution < 1.29 is 34.0 Å². The van der Waals surface area contributed by atoms with Crippen LogP contribution in [0.1, 0.15) is 46.8 Å². The lowest BCUT2D eigenvalue weighted by Crippen LogP contribution is -2.24. The zero-order valence-corrected chi connectivity index (χ0v) is 27.4. The summed E-state index contributed by atoms with van der Waals surface area (Å²) in [7, 11) is 1.57. The highest BCUT2D eigenvalue weighted by molar-refractivity contribution is 6.07. The molecule has 0 amide bonds.